The van der Waals surface area contributed by atoms with E-state index < -0.39 is 82.9 Å². The minimum atomic E-state index is -6.37. The zero-order valence-electron chi connectivity index (χ0n) is 23.7. The average Bonchev–Trinajstić information content (AvgIpc) is 3.32. The third-order valence-corrected chi connectivity index (χ3v) is 14.5. The summed E-state index contributed by atoms with van der Waals surface area (Å²) in [5.41, 5.74) is -7.79. The normalized spacial score (nSPS) is 28.6. The van der Waals surface area contributed by atoms with E-state index in [-0.39, 0.29) is 60.3 Å². The summed E-state index contributed by atoms with van der Waals surface area (Å²) in [5.74, 6) is -3.04. The third kappa shape index (κ3) is 5.23. The van der Waals surface area contributed by atoms with Crippen molar-refractivity contribution < 1.29 is 56.8 Å². The van der Waals surface area contributed by atoms with Gasteiger partial charge in [-0.15, -0.1) is 0 Å². The molecule has 3 aliphatic rings. The van der Waals surface area contributed by atoms with E-state index in [1.54, 1.807) is 0 Å². The Morgan fingerprint density at radius 1 is 0.933 bits per heavy atom. The Morgan fingerprint density at radius 2 is 1.56 bits per heavy atom. The standard InChI is InChI=1S/C29H29F8NO5S2/c1-16-14-18(11-13-44(16,40)41)25(39)38-24-10-12-26(45(42,43)21-6-4-20(30)5-7-21)22-9-3-19(15-17(22)2-8-23(24)26)27(31,28(32,33)34)29(35,36)37/h3-7,9,15-16,18,23-24H,2,8,10-14H2,1H3,(H,38,39)/t16-,18+,23-,24+,26+/m0/s1. The molecule has 1 N–H and O–H groups in total. The van der Waals surface area contributed by atoms with Gasteiger partial charge in [-0.25, -0.2) is 25.6 Å². The first-order chi connectivity index (χ1) is 20.7. The fourth-order valence-corrected chi connectivity index (χ4v) is 11.3. The lowest BCUT2D eigenvalue weighted by molar-refractivity contribution is -0.348. The minimum absolute atomic E-state index is 0.0523. The van der Waals surface area contributed by atoms with Crippen molar-refractivity contribution in [1.82, 2.24) is 5.32 Å². The number of fused-ring (bicyclic) bond motifs is 3. The second-order valence-corrected chi connectivity index (χ2v) is 16.8. The molecule has 2 aliphatic carbocycles. The largest absolute Gasteiger partial charge is 0.435 e. The van der Waals surface area contributed by atoms with Gasteiger partial charge in [-0.2, -0.15) is 26.3 Å². The molecular weight excluding hydrogens is 658 g/mol. The molecule has 0 radical (unpaired) electrons. The molecule has 0 aromatic heterocycles. The maximum atomic E-state index is 15.0. The number of hydrogen-bond donors (Lipinski definition) is 1. The Balaban J connectivity index is 1.59. The smallest absolute Gasteiger partial charge is 0.353 e. The van der Waals surface area contributed by atoms with Crippen LogP contribution in [-0.2, 0) is 41.3 Å². The van der Waals surface area contributed by atoms with Crippen molar-refractivity contribution in [3.63, 3.8) is 0 Å². The fourth-order valence-electron chi connectivity index (χ4n) is 7.26. The lowest BCUT2D eigenvalue weighted by Crippen LogP contribution is -2.52. The quantitative estimate of drug-likeness (QED) is 0.315. The maximum absolute atomic E-state index is 15.0. The molecule has 0 spiro atoms. The van der Waals surface area contributed by atoms with Gasteiger partial charge in [0.05, 0.1) is 15.9 Å². The monoisotopic (exact) mass is 687 g/mol. The Labute approximate surface area is 254 Å². The van der Waals surface area contributed by atoms with E-state index in [0.29, 0.717) is 12.1 Å². The minimum Gasteiger partial charge on any atom is -0.353 e. The second-order valence-electron chi connectivity index (χ2n) is 12.1. The molecule has 248 valence electrons. The predicted octanol–water partition coefficient (Wildman–Crippen LogP) is 5.84. The Hall–Kier alpha value is -2.75. The molecule has 5 atom stereocenters. The van der Waals surface area contributed by atoms with Crippen LogP contribution in [0.5, 0.6) is 0 Å². The van der Waals surface area contributed by atoms with E-state index in [2.05, 4.69) is 5.32 Å². The van der Waals surface area contributed by atoms with Crippen molar-refractivity contribution >= 4 is 25.6 Å². The van der Waals surface area contributed by atoms with E-state index in [1.807, 2.05) is 0 Å². The number of hydrogen-bond acceptors (Lipinski definition) is 5. The van der Waals surface area contributed by atoms with Gasteiger partial charge in [0.2, 0.25) is 5.91 Å². The van der Waals surface area contributed by atoms with Crippen molar-refractivity contribution in [2.75, 3.05) is 5.75 Å². The van der Waals surface area contributed by atoms with Crippen LogP contribution in [0.4, 0.5) is 35.1 Å². The Morgan fingerprint density at radius 3 is 2.13 bits per heavy atom. The number of halogens is 8. The van der Waals surface area contributed by atoms with Crippen LogP contribution in [-0.4, -0.2) is 52.1 Å². The molecule has 16 heteroatoms. The zero-order chi connectivity index (χ0) is 33.4. The summed E-state index contributed by atoms with van der Waals surface area (Å²) in [6.45, 7) is 1.49. The Kier molecular flexibility index (Phi) is 8.15. The van der Waals surface area contributed by atoms with Gasteiger partial charge in [-0.3, -0.25) is 4.79 Å². The van der Waals surface area contributed by atoms with E-state index >= 15 is 0 Å². The van der Waals surface area contributed by atoms with Gasteiger partial charge < -0.3 is 5.32 Å². The van der Waals surface area contributed by atoms with E-state index in [4.69, 9.17) is 0 Å². The van der Waals surface area contributed by atoms with Gasteiger partial charge in [-0.05, 0) is 80.8 Å². The van der Waals surface area contributed by atoms with Crippen molar-refractivity contribution in [3.8, 4) is 0 Å². The summed E-state index contributed by atoms with van der Waals surface area (Å²) in [7, 11) is -7.91. The summed E-state index contributed by atoms with van der Waals surface area (Å²) in [5, 5.41) is 2.08. The highest BCUT2D eigenvalue weighted by Gasteiger charge is 2.73. The van der Waals surface area contributed by atoms with Gasteiger partial charge in [-0.1, -0.05) is 18.2 Å². The van der Waals surface area contributed by atoms with Crippen LogP contribution in [0.25, 0.3) is 0 Å². The van der Waals surface area contributed by atoms with Crippen LogP contribution in [0.2, 0.25) is 0 Å². The molecule has 0 unspecified atom stereocenters. The topological polar surface area (TPSA) is 97.4 Å². The first-order valence-corrected chi connectivity index (χ1v) is 17.3. The average molecular weight is 688 g/mol. The number of carbonyl (C=O) groups is 1. The molecule has 45 heavy (non-hydrogen) atoms. The molecule has 6 nitrogen and oxygen atoms in total. The van der Waals surface area contributed by atoms with Crippen LogP contribution in [0.3, 0.4) is 0 Å². The van der Waals surface area contributed by atoms with E-state index in [9.17, 15) is 56.8 Å². The molecule has 1 saturated heterocycles. The first kappa shape index (κ1) is 33.6. The zero-order valence-corrected chi connectivity index (χ0v) is 25.3. The van der Waals surface area contributed by atoms with Crippen LogP contribution < -0.4 is 5.32 Å². The lowest BCUT2D eigenvalue weighted by Gasteiger charge is -2.43. The number of rotatable bonds is 5. The number of nitrogens with one attached hydrogen (secondary N) is 1. The van der Waals surface area contributed by atoms with E-state index in [1.165, 1.54) is 6.92 Å². The number of alkyl halides is 7. The number of benzene rings is 2. The highest BCUT2D eigenvalue weighted by molar-refractivity contribution is 7.92. The number of sulfone groups is 2. The summed E-state index contributed by atoms with van der Waals surface area (Å²) >= 11 is 0. The number of aryl methyl sites for hydroxylation is 1. The van der Waals surface area contributed by atoms with Crippen molar-refractivity contribution in [3.05, 3.63) is 65.0 Å². The summed E-state index contributed by atoms with van der Waals surface area (Å²) < 4.78 is 161. The van der Waals surface area contributed by atoms with Crippen molar-refractivity contribution in [2.45, 2.75) is 84.4 Å². The van der Waals surface area contributed by atoms with Crippen LogP contribution in [0.15, 0.2) is 47.4 Å². The van der Waals surface area contributed by atoms with Crippen molar-refractivity contribution in [2.24, 2.45) is 11.8 Å². The van der Waals surface area contributed by atoms with Crippen LogP contribution in [0.1, 0.15) is 55.7 Å². The van der Waals surface area contributed by atoms with Crippen molar-refractivity contribution in [1.29, 1.82) is 0 Å². The third-order valence-electron chi connectivity index (χ3n) is 9.66. The van der Waals surface area contributed by atoms with Crippen LogP contribution in [0, 0.1) is 17.7 Å². The van der Waals surface area contributed by atoms with Gasteiger partial charge in [0.15, 0.2) is 19.7 Å². The highest BCUT2D eigenvalue weighted by Crippen LogP contribution is 2.59. The first-order valence-electron chi connectivity index (χ1n) is 14.1. The fraction of sp³-hybridized carbons (Fsp3) is 0.552. The highest BCUT2D eigenvalue weighted by atomic mass is 32.2. The maximum Gasteiger partial charge on any atom is 0.435 e. The molecule has 5 rings (SSSR count). The molecule has 2 aromatic rings. The summed E-state index contributed by atoms with van der Waals surface area (Å²) in [6, 6.07) is 4.44. The molecule has 0 bridgehead atoms. The summed E-state index contributed by atoms with van der Waals surface area (Å²) in [4.78, 5) is 12.9. The molecule has 1 aliphatic heterocycles. The molecule has 1 heterocycles. The number of amides is 1. The van der Waals surface area contributed by atoms with Gasteiger partial charge in [0.25, 0.3) is 0 Å². The molecule has 1 amide bonds. The molecule has 1 saturated carbocycles. The lowest BCUT2D eigenvalue weighted by atomic mass is 9.73. The number of carbonyl (C=O) groups excluding carboxylic acids is 1. The summed E-state index contributed by atoms with van der Waals surface area (Å²) in [6.07, 6.45) is -13.1. The second kappa shape index (κ2) is 10.9. The SMILES string of the molecule is C[C@H]1C[C@H](C(=O)N[C@@H]2CC[C@@]3(S(=O)(=O)c4ccc(F)cc4)c4ccc(C(F)(C(F)(F)F)C(F)(F)F)cc4CC[C@@H]23)CCS1(=O)=O. The van der Waals surface area contributed by atoms with E-state index in [0.717, 1.165) is 30.3 Å². The molecule has 2 fully saturated rings. The van der Waals surface area contributed by atoms with Gasteiger partial charge in [0, 0.05) is 23.4 Å². The molecule has 2 aromatic carbocycles. The molecular formula is C29H29F8NO5S2. The predicted molar refractivity (Wildman–Crippen MR) is 146 cm³/mol. The van der Waals surface area contributed by atoms with Gasteiger partial charge in [0.1, 0.15) is 10.6 Å². The van der Waals surface area contributed by atoms with Crippen LogP contribution >= 0.6 is 0 Å². The Bertz CT molecular complexity index is 1690. The van der Waals surface area contributed by atoms with Gasteiger partial charge >= 0.3 is 18.0 Å².